The molecule has 30 heavy (non-hydrogen) atoms. The number of aryl methyl sites for hydroxylation is 1. The van der Waals surface area contributed by atoms with Crippen LogP contribution < -0.4 is 4.74 Å². The number of amides is 1. The molecule has 1 aromatic rings. The fourth-order valence-electron chi connectivity index (χ4n) is 4.45. The highest BCUT2D eigenvalue weighted by Crippen LogP contribution is 2.33. The molecule has 3 unspecified atom stereocenters. The summed E-state index contributed by atoms with van der Waals surface area (Å²) in [6.07, 6.45) is 6.18. The molecule has 3 atom stereocenters. The first kappa shape index (κ1) is 24.2. The van der Waals surface area contributed by atoms with Gasteiger partial charge in [-0.2, -0.15) is 0 Å². The Morgan fingerprint density at radius 1 is 1.17 bits per heavy atom. The van der Waals surface area contributed by atoms with Gasteiger partial charge in [0.2, 0.25) is 5.91 Å². The van der Waals surface area contributed by atoms with Crippen molar-refractivity contribution in [3.05, 3.63) is 29.8 Å². The molecule has 1 heterocycles. The zero-order valence-electron chi connectivity index (χ0n) is 18.6. The van der Waals surface area contributed by atoms with Crippen molar-refractivity contribution in [2.24, 2.45) is 11.8 Å². The molecule has 0 radical (unpaired) electrons. The summed E-state index contributed by atoms with van der Waals surface area (Å²) in [4.78, 5) is 25.1. The van der Waals surface area contributed by atoms with Crippen molar-refractivity contribution in [3.8, 4) is 5.75 Å². The van der Waals surface area contributed by atoms with Crippen LogP contribution >= 0.6 is 0 Å². The number of carboxylic acid groups (broad SMARTS) is 1. The number of likely N-dealkylation sites (tertiary alicyclic amines) is 1. The minimum Gasteiger partial charge on any atom is -0.494 e. The van der Waals surface area contributed by atoms with Crippen LogP contribution in [-0.2, 0) is 14.3 Å². The van der Waals surface area contributed by atoms with Gasteiger partial charge in [0.05, 0.1) is 13.2 Å². The number of aliphatic carboxylic acids is 1. The molecule has 1 aliphatic rings. The van der Waals surface area contributed by atoms with Crippen molar-refractivity contribution in [1.82, 2.24) is 4.90 Å². The number of hydrogen-bond acceptors (Lipinski definition) is 4. The first-order chi connectivity index (χ1) is 14.4. The van der Waals surface area contributed by atoms with Gasteiger partial charge < -0.3 is 19.5 Å². The van der Waals surface area contributed by atoms with Gasteiger partial charge in [-0.05, 0) is 44.2 Å². The number of unbranched alkanes of at least 4 members (excludes halogenated alkanes) is 3. The summed E-state index contributed by atoms with van der Waals surface area (Å²) in [7, 11) is 1.69. The molecule has 1 N–H and O–H groups in total. The number of carbonyl (C=O) groups is 2. The summed E-state index contributed by atoms with van der Waals surface area (Å²) in [6, 6.07) is 8.20. The van der Waals surface area contributed by atoms with E-state index in [4.69, 9.17) is 14.6 Å². The van der Waals surface area contributed by atoms with Crippen LogP contribution in [0, 0.1) is 18.8 Å². The van der Waals surface area contributed by atoms with E-state index >= 15 is 0 Å². The number of rotatable bonds is 13. The second-order valence-corrected chi connectivity index (χ2v) is 8.52. The molecule has 168 valence electrons. The van der Waals surface area contributed by atoms with Crippen LogP contribution in [0.2, 0.25) is 0 Å². The molecular formula is C24H37NO5. The average molecular weight is 420 g/mol. The quantitative estimate of drug-likeness (QED) is 0.483. The van der Waals surface area contributed by atoms with E-state index in [0.717, 1.165) is 50.9 Å². The number of methoxy groups -OCH3 is 1. The summed E-state index contributed by atoms with van der Waals surface area (Å²) >= 11 is 0. The van der Waals surface area contributed by atoms with Gasteiger partial charge in [-0.25, -0.2) is 0 Å². The molecule has 0 aromatic heterocycles. The molecule has 1 aromatic carbocycles. The number of nitrogens with zero attached hydrogens (tertiary/aromatic N) is 1. The molecule has 1 saturated heterocycles. The van der Waals surface area contributed by atoms with E-state index in [1.54, 1.807) is 14.0 Å². The lowest BCUT2D eigenvalue weighted by Crippen LogP contribution is -2.40. The largest absolute Gasteiger partial charge is 0.494 e. The summed E-state index contributed by atoms with van der Waals surface area (Å²) in [5.74, 6) is 0.445. The van der Waals surface area contributed by atoms with E-state index in [1.165, 1.54) is 5.56 Å². The first-order valence-corrected chi connectivity index (χ1v) is 11.1. The lowest BCUT2D eigenvalue weighted by atomic mass is 9.89. The number of hydrogen-bond donors (Lipinski definition) is 1. The van der Waals surface area contributed by atoms with E-state index in [2.05, 4.69) is 19.1 Å². The van der Waals surface area contributed by atoms with Gasteiger partial charge >= 0.3 is 5.97 Å². The Kier molecular flexibility index (Phi) is 10.1. The third-order valence-electron chi connectivity index (χ3n) is 5.98. The van der Waals surface area contributed by atoms with Crippen LogP contribution in [-0.4, -0.2) is 54.8 Å². The molecule has 2 rings (SSSR count). The molecule has 1 aliphatic heterocycles. The van der Waals surface area contributed by atoms with E-state index in [0.29, 0.717) is 13.2 Å². The van der Waals surface area contributed by atoms with Crippen molar-refractivity contribution in [2.75, 3.05) is 26.9 Å². The Labute approximate surface area is 180 Å². The average Bonchev–Trinajstić information content (AvgIpc) is 3.11. The lowest BCUT2D eigenvalue weighted by molar-refractivity contribution is -0.138. The van der Waals surface area contributed by atoms with Gasteiger partial charge in [0.15, 0.2) is 0 Å². The van der Waals surface area contributed by atoms with Crippen LogP contribution in [0.15, 0.2) is 24.3 Å². The zero-order chi connectivity index (χ0) is 21.9. The molecule has 1 fully saturated rings. The molecule has 1 amide bonds. The minimum absolute atomic E-state index is 0.0299. The Balaban J connectivity index is 1.72. The second kappa shape index (κ2) is 12.6. The number of ether oxygens (including phenoxy) is 2. The summed E-state index contributed by atoms with van der Waals surface area (Å²) in [5, 5.41) is 9.12. The molecule has 0 spiro atoms. The molecule has 0 bridgehead atoms. The molecule has 0 aliphatic carbocycles. The highest BCUT2D eigenvalue weighted by atomic mass is 16.5. The molecule has 0 saturated carbocycles. The van der Waals surface area contributed by atoms with E-state index in [-0.39, 0.29) is 30.2 Å². The maximum absolute atomic E-state index is 12.1. The molecule has 6 heteroatoms. The van der Waals surface area contributed by atoms with Gasteiger partial charge in [0.1, 0.15) is 5.75 Å². The number of benzene rings is 1. The Morgan fingerprint density at radius 3 is 2.50 bits per heavy atom. The van der Waals surface area contributed by atoms with Gasteiger partial charge in [-0.3, -0.25) is 9.59 Å². The van der Waals surface area contributed by atoms with Gasteiger partial charge in [-0.15, -0.1) is 0 Å². The van der Waals surface area contributed by atoms with Crippen LogP contribution in [0.25, 0.3) is 0 Å². The van der Waals surface area contributed by atoms with Crippen molar-refractivity contribution in [3.63, 3.8) is 0 Å². The van der Waals surface area contributed by atoms with Crippen LogP contribution in [0.3, 0.4) is 0 Å². The van der Waals surface area contributed by atoms with E-state index in [9.17, 15) is 9.59 Å². The number of carboxylic acids is 1. The second-order valence-electron chi connectivity index (χ2n) is 8.52. The predicted octanol–water partition coefficient (Wildman–Crippen LogP) is 4.30. The fourth-order valence-corrected chi connectivity index (χ4v) is 4.45. The maximum atomic E-state index is 12.1. The van der Waals surface area contributed by atoms with E-state index < -0.39 is 5.97 Å². The third kappa shape index (κ3) is 7.98. The Hall–Kier alpha value is -2.08. The van der Waals surface area contributed by atoms with E-state index in [1.807, 2.05) is 17.0 Å². The fraction of sp³-hybridized carbons (Fsp3) is 0.667. The first-order valence-electron chi connectivity index (χ1n) is 11.1. The Morgan fingerprint density at radius 2 is 1.87 bits per heavy atom. The van der Waals surface area contributed by atoms with Crippen molar-refractivity contribution >= 4 is 11.9 Å². The van der Waals surface area contributed by atoms with Crippen molar-refractivity contribution in [2.45, 2.75) is 64.8 Å². The van der Waals surface area contributed by atoms with Gasteiger partial charge in [-0.1, -0.05) is 37.0 Å². The van der Waals surface area contributed by atoms with Crippen LogP contribution in [0.4, 0.5) is 0 Å². The maximum Gasteiger partial charge on any atom is 0.303 e. The highest BCUT2D eigenvalue weighted by Gasteiger charge is 2.38. The lowest BCUT2D eigenvalue weighted by Gasteiger charge is -2.30. The molecule has 6 nitrogen and oxygen atoms in total. The van der Waals surface area contributed by atoms with Crippen molar-refractivity contribution < 1.29 is 24.2 Å². The summed E-state index contributed by atoms with van der Waals surface area (Å²) < 4.78 is 11.2. The normalized spacial score (nSPS) is 19.6. The SMILES string of the molecule is COCC(CCCCCCOc1ccc(C)cc1)C1CC(CC(=O)O)CN1C(C)=O. The predicted molar refractivity (Wildman–Crippen MR) is 117 cm³/mol. The third-order valence-corrected chi connectivity index (χ3v) is 5.98. The van der Waals surface area contributed by atoms with Crippen molar-refractivity contribution in [1.29, 1.82) is 0 Å². The van der Waals surface area contributed by atoms with Crippen LogP contribution in [0.1, 0.15) is 57.4 Å². The standard InChI is InChI=1S/C24H37NO5/c1-18-9-11-22(12-10-18)30-13-7-5-4-6-8-21(17-29-3)23-14-20(15-24(27)28)16-25(23)19(2)26/h9-12,20-21,23H,4-8,13-17H2,1-3H3,(H,27,28). The highest BCUT2D eigenvalue weighted by molar-refractivity contribution is 5.74. The smallest absolute Gasteiger partial charge is 0.303 e. The van der Waals surface area contributed by atoms with Gasteiger partial charge in [0, 0.05) is 39.0 Å². The van der Waals surface area contributed by atoms with Crippen LogP contribution in [0.5, 0.6) is 5.75 Å². The minimum atomic E-state index is -0.791. The summed E-state index contributed by atoms with van der Waals surface area (Å²) in [5.41, 5.74) is 1.23. The summed E-state index contributed by atoms with van der Waals surface area (Å²) in [6.45, 7) is 5.51. The molecular weight excluding hydrogens is 382 g/mol. The number of carbonyl (C=O) groups excluding carboxylic acids is 1. The topological polar surface area (TPSA) is 76.1 Å². The van der Waals surface area contributed by atoms with Gasteiger partial charge in [0.25, 0.3) is 0 Å². The Bertz CT molecular complexity index is 660. The monoisotopic (exact) mass is 419 g/mol. The zero-order valence-corrected chi connectivity index (χ0v) is 18.6.